The average Bonchev–Trinajstić information content (AvgIpc) is 3.20. The molecule has 5 aromatic rings. The lowest BCUT2D eigenvalue weighted by Gasteiger charge is -2.09. The van der Waals surface area contributed by atoms with Gasteiger partial charge >= 0.3 is 0 Å². The lowest BCUT2D eigenvalue weighted by molar-refractivity contribution is 0.0950. The van der Waals surface area contributed by atoms with Gasteiger partial charge in [0.05, 0.1) is 16.1 Å². The quantitative estimate of drug-likeness (QED) is 0.340. The number of halogens is 2. The number of fused-ring (bicyclic) bond motifs is 2. The monoisotopic (exact) mass is 483 g/mol. The summed E-state index contributed by atoms with van der Waals surface area (Å²) in [5.74, 6) is -0.773. The number of H-pyrrole nitrogens is 1. The van der Waals surface area contributed by atoms with Gasteiger partial charge in [0.15, 0.2) is 0 Å². The van der Waals surface area contributed by atoms with Gasteiger partial charge in [-0.25, -0.2) is 4.39 Å². The first-order valence-electron chi connectivity index (χ1n) is 10.9. The van der Waals surface area contributed by atoms with E-state index < -0.39 is 5.82 Å². The number of carbonyl (C=O) groups is 1. The van der Waals surface area contributed by atoms with Crippen molar-refractivity contribution in [3.63, 3.8) is 0 Å². The maximum absolute atomic E-state index is 14.4. The van der Waals surface area contributed by atoms with Crippen molar-refractivity contribution in [2.24, 2.45) is 0 Å². The number of nitriles is 1. The molecule has 5 rings (SSSR count). The Morgan fingerprint density at radius 2 is 2.06 bits per heavy atom. The molecule has 2 aromatic carbocycles. The molecule has 0 saturated heterocycles. The van der Waals surface area contributed by atoms with Gasteiger partial charge in [-0.2, -0.15) is 5.26 Å². The first-order chi connectivity index (χ1) is 16.9. The molecule has 3 heterocycles. The fraction of sp³-hybridized carbons (Fsp3) is 0.111. The number of rotatable bonds is 5. The molecule has 3 aromatic heterocycles. The maximum Gasteiger partial charge on any atom is 0.251 e. The second kappa shape index (κ2) is 9.16. The zero-order chi connectivity index (χ0) is 24.5. The Bertz CT molecular complexity index is 1650. The Kier molecular flexibility index (Phi) is 5.89. The van der Waals surface area contributed by atoms with Gasteiger partial charge in [0, 0.05) is 64.7 Å². The van der Waals surface area contributed by atoms with Gasteiger partial charge in [-0.05, 0) is 60.5 Å². The molecule has 6 nitrogen and oxygen atoms in total. The summed E-state index contributed by atoms with van der Waals surface area (Å²) in [4.78, 5) is 24.5. The fourth-order valence-corrected chi connectivity index (χ4v) is 4.31. The molecule has 0 atom stereocenters. The highest BCUT2D eigenvalue weighted by Gasteiger charge is 2.13. The average molecular weight is 484 g/mol. The van der Waals surface area contributed by atoms with Gasteiger partial charge in [-0.15, -0.1) is 0 Å². The van der Waals surface area contributed by atoms with E-state index >= 15 is 0 Å². The molecule has 8 heteroatoms. The predicted molar refractivity (Wildman–Crippen MR) is 133 cm³/mol. The summed E-state index contributed by atoms with van der Waals surface area (Å²) in [5.41, 5.74) is 5.08. The van der Waals surface area contributed by atoms with E-state index in [4.69, 9.17) is 11.6 Å². The molecule has 0 saturated carbocycles. The molecule has 0 radical (unpaired) electrons. The van der Waals surface area contributed by atoms with E-state index in [1.54, 1.807) is 42.9 Å². The van der Waals surface area contributed by atoms with Crippen LogP contribution in [-0.2, 0) is 13.0 Å². The standard InChI is InChI=1S/C27H19ClFN5O/c1-15-4-18-5-16(6-19(11-30)26(18)33-12-15)7-21-8-17(2-3-31-21)27(35)34-13-20-9-22-23(28)14-32-25(22)10-24(20)29/h2-6,8-10,12,14,32H,7,13H2,1H3,(H,34,35). The zero-order valence-corrected chi connectivity index (χ0v) is 19.4. The van der Waals surface area contributed by atoms with Crippen molar-refractivity contribution in [3.05, 3.63) is 105 Å². The van der Waals surface area contributed by atoms with Crippen LogP contribution in [0.5, 0.6) is 0 Å². The van der Waals surface area contributed by atoms with Gasteiger partial charge in [-0.3, -0.25) is 14.8 Å². The second-order valence-corrected chi connectivity index (χ2v) is 8.77. The van der Waals surface area contributed by atoms with Crippen LogP contribution in [0.1, 0.15) is 38.3 Å². The molecular weight excluding hydrogens is 465 g/mol. The molecule has 0 aliphatic rings. The highest BCUT2D eigenvalue weighted by atomic mass is 35.5. The van der Waals surface area contributed by atoms with Crippen LogP contribution in [0.25, 0.3) is 21.8 Å². The van der Waals surface area contributed by atoms with Crippen LogP contribution in [0.4, 0.5) is 4.39 Å². The lowest BCUT2D eigenvalue weighted by Crippen LogP contribution is -2.23. The van der Waals surface area contributed by atoms with Gasteiger partial charge in [-0.1, -0.05) is 11.6 Å². The first kappa shape index (κ1) is 22.5. The third-order valence-corrected chi connectivity index (χ3v) is 6.11. The Morgan fingerprint density at radius 1 is 1.20 bits per heavy atom. The summed E-state index contributed by atoms with van der Waals surface area (Å²) < 4.78 is 14.4. The topological polar surface area (TPSA) is 94.5 Å². The maximum atomic E-state index is 14.4. The number of aromatic nitrogens is 3. The minimum atomic E-state index is -0.430. The highest BCUT2D eigenvalue weighted by molar-refractivity contribution is 6.35. The van der Waals surface area contributed by atoms with E-state index in [1.165, 1.54) is 6.07 Å². The van der Waals surface area contributed by atoms with E-state index in [0.717, 1.165) is 16.5 Å². The minimum absolute atomic E-state index is 0.0162. The molecule has 0 fully saturated rings. The number of amides is 1. The Hall–Kier alpha value is -4.28. The van der Waals surface area contributed by atoms with E-state index in [1.807, 2.05) is 19.1 Å². The summed E-state index contributed by atoms with van der Waals surface area (Å²) in [6, 6.07) is 14.3. The number of nitrogens with one attached hydrogen (secondary N) is 2. The first-order valence-corrected chi connectivity index (χ1v) is 11.3. The van der Waals surface area contributed by atoms with E-state index in [9.17, 15) is 14.4 Å². The van der Waals surface area contributed by atoms with Crippen LogP contribution in [0, 0.1) is 24.1 Å². The largest absolute Gasteiger partial charge is 0.360 e. The highest BCUT2D eigenvalue weighted by Crippen LogP contribution is 2.26. The summed E-state index contributed by atoms with van der Waals surface area (Å²) in [6.07, 6.45) is 5.34. The van der Waals surface area contributed by atoms with Crippen LogP contribution in [0.3, 0.4) is 0 Å². The number of nitrogens with zero attached hydrogens (tertiary/aromatic N) is 3. The SMILES string of the molecule is Cc1cnc2c(C#N)cc(Cc3cc(C(=O)NCc4cc5c(Cl)c[nH]c5cc4F)ccn3)cc2c1. The summed E-state index contributed by atoms with van der Waals surface area (Å²) >= 11 is 6.13. The Morgan fingerprint density at radius 3 is 2.89 bits per heavy atom. The van der Waals surface area contributed by atoms with Crippen molar-refractivity contribution in [2.45, 2.75) is 19.9 Å². The number of carbonyl (C=O) groups excluding carboxylic acids is 1. The number of hydrogen-bond acceptors (Lipinski definition) is 4. The van der Waals surface area contributed by atoms with E-state index in [2.05, 4.69) is 26.3 Å². The third kappa shape index (κ3) is 4.57. The summed E-state index contributed by atoms with van der Waals surface area (Å²) in [6.45, 7) is 1.97. The number of aryl methyl sites for hydroxylation is 1. The van der Waals surface area contributed by atoms with Gasteiger partial charge in [0.25, 0.3) is 5.91 Å². The molecule has 2 N–H and O–H groups in total. The van der Waals surface area contributed by atoms with Crippen molar-refractivity contribution in [3.8, 4) is 6.07 Å². The fourth-order valence-electron chi connectivity index (χ4n) is 4.10. The lowest BCUT2D eigenvalue weighted by atomic mass is 10.0. The van der Waals surface area contributed by atoms with Gasteiger partial charge in [0.1, 0.15) is 11.9 Å². The molecule has 35 heavy (non-hydrogen) atoms. The molecular formula is C27H19ClFN5O. The Balaban J connectivity index is 1.35. The molecule has 0 unspecified atom stereocenters. The molecule has 1 amide bonds. The number of aromatic amines is 1. The smallest absolute Gasteiger partial charge is 0.251 e. The van der Waals surface area contributed by atoms with Crippen LogP contribution >= 0.6 is 11.6 Å². The number of benzene rings is 2. The molecule has 0 spiro atoms. The van der Waals surface area contributed by atoms with Crippen molar-refractivity contribution >= 4 is 39.3 Å². The van der Waals surface area contributed by atoms with Gasteiger partial charge < -0.3 is 10.3 Å². The van der Waals surface area contributed by atoms with Crippen LogP contribution in [0.15, 0.2) is 61.1 Å². The van der Waals surface area contributed by atoms with Gasteiger partial charge in [0.2, 0.25) is 0 Å². The second-order valence-electron chi connectivity index (χ2n) is 8.36. The van der Waals surface area contributed by atoms with Crippen LogP contribution in [-0.4, -0.2) is 20.9 Å². The molecule has 0 bridgehead atoms. The predicted octanol–water partition coefficient (Wildman–Crippen LogP) is 5.60. The third-order valence-electron chi connectivity index (χ3n) is 5.80. The van der Waals surface area contributed by atoms with Crippen LogP contribution < -0.4 is 5.32 Å². The molecule has 172 valence electrons. The van der Waals surface area contributed by atoms with Crippen molar-refractivity contribution < 1.29 is 9.18 Å². The zero-order valence-electron chi connectivity index (χ0n) is 18.7. The van der Waals surface area contributed by atoms with Crippen molar-refractivity contribution in [2.75, 3.05) is 0 Å². The van der Waals surface area contributed by atoms with Crippen molar-refractivity contribution in [1.82, 2.24) is 20.3 Å². The Labute approximate surface area is 205 Å². The number of hydrogen-bond donors (Lipinski definition) is 2. The molecule has 0 aliphatic carbocycles. The van der Waals surface area contributed by atoms with Crippen LogP contribution in [0.2, 0.25) is 5.02 Å². The molecule has 0 aliphatic heterocycles. The normalized spacial score (nSPS) is 11.0. The number of pyridine rings is 2. The summed E-state index contributed by atoms with van der Waals surface area (Å²) in [7, 11) is 0. The summed E-state index contributed by atoms with van der Waals surface area (Å²) in [5, 5.41) is 14.4. The minimum Gasteiger partial charge on any atom is -0.360 e. The van der Waals surface area contributed by atoms with Crippen molar-refractivity contribution in [1.29, 1.82) is 5.26 Å². The van der Waals surface area contributed by atoms with E-state index in [-0.39, 0.29) is 12.5 Å². The van der Waals surface area contributed by atoms with E-state index in [0.29, 0.717) is 50.2 Å².